The van der Waals surface area contributed by atoms with Crippen LogP contribution in [0.5, 0.6) is 5.75 Å². The van der Waals surface area contributed by atoms with Crippen molar-refractivity contribution < 1.29 is 19.1 Å². The number of aryl methyl sites for hydroxylation is 1. The highest BCUT2D eigenvalue weighted by Gasteiger charge is 2.16. The number of rotatable bonds is 12. The molecule has 1 unspecified atom stereocenters. The summed E-state index contributed by atoms with van der Waals surface area (Å²) in [6.45, 7) is 1.96. The van der Waals surface area contributed by atoms with Crippen LogP contribution in [0.4, 0.5) is 11.4 Å². The molecule has 1 saturated heterocycles. The molecule has 4 rings (SSSR count). The van der Waals surface area contributed by atoms with E-state index in [1.54, 1.807) is 24.3 Å². The molecule has 0 aromatic heterocycles. The van der Waals surface area contributed by atoms with Crippen LogP contribution in [0.3, 0.4) is 0 Å². The summed E-state index contributed by atoms with van der Waals surface area (Å²) in [5, 5.41) is 8.90. The predicted octanol–water partition coefficient (Wildman–Crippen LogP) is 4.66. The van der Waals surface area contributed by atoms with Gasteiger partial charge in [-0.05, 0) is 67.6 Å². The Hall–Kier alpha value is -3.84. The highest BCUT2D eigenvalue weighted by atomic mass is 16.5. The maximum absolute atomic E-state index is 12.5. The maximum Gasteiger partial charge on any atom is 0.251 e. The van der Waals surface area contributed by atoms with Gasteiger partial charge in [-0.3, -0.25) is 9.59 Å². The zero-order valence-electron chi connectivity index (χ0n) is 20.4. The fraction of sp³-hybridized carbons (Fsp3) is 0.310. The van der Waals surface area contributed by atoms with E-state index in [1.165, 1.54) is 5.56 Å². The first-order chi connectivity index (χ1) is 17.7. The maximum atomic E-state index is 12.5. The first kappa shape index (κ1) is 25.3. The topological polar surface area (TPSA) is 88.7 Å². The zero-order chi connectivity index (χ0) is 25.0. The number of benzene rings is 3. The van der Waals surface area contributed by atoms with Crippen LogP contribution in [-0.4, -0.2) is 44.2 Å². The number of para-hydroxylation sites is 2. The van der Waals surface area contributed by atoms with Crippen LogP contribution in [0, 0.1) is 0 Å². The molecule has 1 fully saturated rings. The lowest BCUT2D eigenvalue weighted by Gasteiger charge is -2.14. The summed E-state index contributed by atoms with van der Waals surface area (Å²) in [7, 11) is 0. The minimum Gasteiger partial charge on any atom is -0.491 e. The number of nitrogens with one attached hydrogen (secondary N) is 3. The van der Waals surface area contributed by atoms with Gasteiger partial charge in [0.05, 0.1) is 24.9 Å². The largest absolute Gasteiger partial charge is 0.491 e. The summed E-state index contributed by atoms with van der Waals surface area (Å²) in [5.74, 6) is 0.381. The highest BCUT2D eigenvalue weighted by Crippen LogP contribution is 2.24. The van der Waals surface area contributed by atoms with Crippen LogP contribution in [0.2, 0.25) is 0 Å². The summed E-state index contributed by atoms with van der Waals surface area (Å²) in [6, 6.07) is 24.8. The first-order valence-electron chi connectivity index (χ1n) is 12.5. The molecule has 0 bridgehead atoms. The van der Waals surface area contributed by atoms with Crippen molar-refractivity contribution in [2.45, 2.75) is 31.8 Å². The minimum atomic E-state index is -0.190. The normalized spacial score (nSPS) is 14.7. The molecule has 0 aliphatic carbocycles. The average molecular weight is 488 g/mol. The predicted molar refractivity (Wildman–Crippen MR) is 142 cm³/mol. The molecule has 1 aliphatic heterocycles. The Morgan fingerprint density at radius 2 is 1.72 bits per heavy atom. The Morgan fingerprint density at radius 3 is 2.50 bits per heavy atom. The second-order valence-electron chi connectivity index (χ2n) is 8.76. The van der Waals surface area contributed by atoms with E-state index < -0.39 is 0 Å². The Balaban J connectivity index is 1.19. The molecule has 0 spiro atoms. The lowest BCUT2D eigenvalue weighted by molar-refractivity contribution is -0.114. The molecule has 188 valence electrons. The van der Waals surface area contributed by atoms with E-state index in [4.69, 9.17) is 9.47 Å². The van der Waals surface area contributed by atoms with Crippen molar-refractivity contribution in [3.8, 4) is 5.75 Å². The van der Waals surface area contributed by atoms with E-state index >= 15 is 0 Å². The molecule has 7 heteroatoms. The van der Waals surface area contributed by atoms with Gasteiger partial charge in [-0.15, -0.1) is 0 Å². The molecular weight excluding hydrogens is 454 g/mol. The van der Waals surface area contributed by atoms with E-state index in [1.807, 2.05) is 42.5 Å². The van der Waals surface area contributed by atoms with Crippen molar-refractivity contribution >= 4 is 23.2 Å². The minimum absolute atomic E-state index is 0.0913. The zero-order valence-corrected chi connectivity index (χ0v) is 20.4. The summed E-state index contributed by atoms with van der Waals surface area (Å²) in [4.78, 5) is 24.8. The number of ether oxygens (including phenoxy) is 2. The van der Waals surface area contributed by atoms with E-state index in [2.05, 4.69) is 28.1 Å². The van der Waals surface area contributed by atoms with Crippen molar-refractivity contribution in [3.05, 3.63) is 90.0 Å². The standard InChI is InChI=1S/C29H33N3O4/c33-28(32-24-16-14-23(15-17-24)29(34)31-20-25-11-7-18-35-25)21-30-26-12-4-5-13-27(26)36-19-6-10-22-8-2-1-3-9-22/h1-5,8-9,12-17,25,30H,6-7,10-11,18-21H2,(H,31,34)(H,32,33). The van der Waals surface area contributed by atoms with Gasteiger partial charge in [-0.1, -0.05) is 42.5 Å². The van der Waals surface area contributed by atoms with Gasteiger partial charge in [-0.2, -0.15) is 0 Å². The van der Waals surface area contributed by atoms with Crippen LogP contribution < -0.4 is 20.7 Å². The molecule has 36 heavy (non-hydrogen) atoms. The molecular formula is C29H33N3O4. The number of hydrogen-bond donors (Lipinski definition) is 3. The van der Waals surface area contributed by atoms with Crippen LogP contribution in [-0.2, 0) is 16.0 Å². The number of anilines is 2. The molecule has 7 nitrogen and oxygen atoms in total. The molecule has 1 heterocycles. The molecule has 1 atom stereocenters. The van der Waals surface area contributed by atoms with Gasteiger partial charge in [0.1, 0.15) is 5.75 Å². The number of hydrogen-bond acceptors (Lipinski definition) is 5. The molecule has 1 aliphatic rings. The average Bonchev–Trinajstić information content (AvgIpc) is 3.44. The fourth-order valence-corrected chi connectivity index (χ4v) is 4.04. The van der Waals surface area contributed by atoms with Gasteiger partial charge in [0.15, 0.2) is 0 Å². The van der Waals surface area contributed by atoms with E-state index in [-0.39, 0.29) is 24.5 Å². The summed E-state index contributed by atoms with van der Waals surface area (Å²) >= 11 is 0. The quantitative estimate of drug-likeness (QED) is 0.324. The Bertz CT molecular complexity index is 1110. The third-order valence-corrected chi connectivity index (χ3v) is 5.98. The summed E-state index contributed by atoms with van der Waals surface area (Å²) in [5.41, 5.74) is 3.23. The van der Waals surface area contributed by atoms with Gasteiger partial charge in [-0.25, -0.2) is 0 Å². The van der Waals surface area contributed by atoms with Gasteiger partial charge >= 0.3 is 0 Å². The lowest BCUT2D eigenvalue weighted by atomic mass is 10.1. The summed E-state index contributed by atoms with van der Waals surface area (Å²) in [6.07, 6.45) is 3.97. The summed E-state index contributed by atoms with van der Waals surface area (Å²) < 4.78 is 11.5. The lowest BCUT2D eigenvalue weighted by Crippen LogP contribution is -2.31. The van der Waals surface area contributed by atoms with Crippen LogP contribution in [0.25, 0.3) is 0 Å². The van der Waals surface area contributed by atoms with Crippen molar-refractivity contribution in [1.82, 2.24) is 5.32 Å². The van der Waals surface area contributed by atoms with Gasteiger partial charge in [0.2, 0.25) is 5.91 Å². The monoisotopic (exact) mass is 487 g/mol. The molecule has 3 aromatic rings. The second kappa shape index (κ2) is 13.3. The second-order valence-corrected chi connectivity index (χ2v) is 8.76. The van der Waals surface area contributed by atoms with Crippen LogP contribution >= 0.6 is 0 Å². The smallest absolute Gasteiger partial charge is 0.251 e. The molecule has 2 amide bonds. The molecule has 0 radical (unpaired) electrons. The van der Waals surface area contributed by atoms with Crippen molar-refractivity contribution in [2.24, 2.45) is 0 Å². The van der Waals surface area contributed by atoms with E-state index in [0.717, 1.165) is 43.7 Å². The van der Waals surface area contributed by atoms with Gasteiger partial charge in [0.25, 0.3) is 5.91 Å². The molecule has 0 saturated carbocycles. The number of carbonyl (C=O) groups excluding carboxylic acids is 2. The van der Waals surface area contributed by atoms with Crippen LogP contribution in [0.1, 0.15) is 35.2 Å². The molecule has 3 aromatic carbocycles. The highest BCUT2D eigenvalue weighted by molar-refractivity contribution is 5.96. The Kier molecular flexibility index (Phi) is 9.33. The van der Waals surface area contributed by atoms with Crippen molar-refractivity contribution in [3.63, 3.8) is 0 Å². The van der Waals surface area contributed by atoms with Gasteiger partial charge in [0, 0.05) is 24.4 Å². The third kappa shape index (κ3) is 7.85. The number of amides is 2. The SMILES string of the molecule is O=C(CNc1ccccc1OCCCc1ccccc1)Nc1ccc(C(=O)NCC2CCCO2)cc1. The fourth-order valence-electron chi connectivity index (χ4n) is 4.04. The Labute approximate surface area is 212 Å². The van der Waals surface area contributed by atoms with E-state index in [9.17, 15) is 9.59 Å². The van der Waals surface area contributed by atoms with Gasteiger partial charge < -0.3 is 25.4 Å². The van der Waals surface area contributed by atoms with Crippen LogP contribution in [0.15, 0.2) is 78.9 Å². The first-order valence-corrected chi connectivity index (χ1v) is 12.5. The van der Waals surface area contributed by atoms with Crippen molar-refractivity contribution in [1.29, 1.82) is 0 Å². The van der Waals surface area contributed by atoms with E-state index in [0.29, 0.717) is 24.4 Å². The third-order valence-electron chi connectivity index (χ3n) is 5.98. The molecule has 3 N–H and O–H groups in total. The van der Waals surface area contributed by atoms with Crippen molar-refractivity contribution in [2.75, 3.05) is 36.9 Å². The number of carbonyl (C=O) groups is 2. The Morgan fingerprint density at radius 1 is 0.944 bits per heavy atom.